The van der Waals surface area contributed by atoms with E-state index in [0.717, 1.165) is 20.5 Å². The highest BCUT2D eigenvalue weighted by molar-refractivity contribution is 7.15. The topological polar surface area (TPSA) is 51.2 Å². The van der Waals surface area contributed by atoms with Gasteiger partial charge in [0.05, 0.1) is 22.0 Å². The van der Waals surface area contributed by atoms with E-state index in [9.17, 15) is 13.6 Å². The van der Waals surface area contributed by atoms with Crippen LogP contribution in [0, 0.1) is 6.92 Å². The van der Waals surface area contributed by atoms with Gasteiger partial charge >= 0.3 is 6.61 Å². The normalized spacial score (nSPS) is 10.9. The first-order valence-corrected chi connectivity index (χ1v) is 9.52. The molecule has 0 aliphatic carbocycles. The average molecular weight is 394 g/mol. The quantitative estimate of drug-likeness (QED) is 0.635. The van der Waals surface area contributed by atoms with Gasteiger partial charge in [-0.1, -0.05) is 24.3 Å². The van der Waals surface area contributed by atoms with Crippen molar-refractivity contribution in [3.63, 3.8) is 0 Å². The predicted molar refractivity (Wildman–Crippen MR) is 98.8 cm³/mol. The van der Waals surface area contributed by atoms with Crippen molar-refractivity contribution in [2.45, 2.75) is 26.5 Å². The number of thiophene rings is 1. The summed E-state index contributed by atoms with van der Waals surface area (Å²) in [7, 11) is 0. The standard InChI is InChI=1S/C18H16F2N2O2S2/c1-11-22-17(14-7-4-8-25-14)15(26-11)9-16(23)21-10-12-5-2-3-6-13(12)24-18(19)20/h2-8,18H,9-10H2,1H3,(H,21,23). The molecule has 3 rings (SSSR count). The van der Waals surface area contributed by atoms with Crippen molar-refractivity contribution >= 4 is 28.6 Å². The van der Waals surface area contributed by atoms with Crippen LogP contribution in [0.2, 0.25) is 0 Å². The molecule has 0 unspecified atom stereocenters. The second kappa shape index (κ2) is 8.37. The fourth-order valence-electron chi connectivity index (χ4n) is 2.46. The SMILES string of the molecule is Cc1nc(-c2cccs2)c(CC(=O)NCc2ccccc2OC(F)F)s1. The maximum atomic E-state index is 12.5. The van der Waals surface area contributed by atoms with Gasteiger partial charge in [-0.3, -0.25) is 4.79 Å². The average Bonchev–Trinajstić information content (AvgIpc) is 3.23. The Morgan fingerprint density at radius 3 is 2.81 bits per heavy atom. The van der Waals surface area contributed by atoms with E-state index in [1.807, 2.05) is 24.4 Å². The Morgan fingerprint density at radius 1 is 1.27 bits per heavy atom. The number of halogens is 2. The fraction of sp³-hybridized carbons (Fsp3) is 0.222. The van der Waals surface area contributed by atoms with Crippen molar-refractivity contribution in [2.75, 3.05) is 0 Å². The second-order valence-corrected chi connectivity index (χ2v) is 7.66. The lowest BCUT2D eigenvalue weighted by atomic mass is 10.2. The number of benzene rings is 1. The Hall–Kier alpha value is -2.32. The Bertz CT molecular complexity index is 879. The van der Waals surface area contributed by atoms with Gasteiger partial charge in [-0.05, 0) is 24.4 Å². The van der Waals surface area contributed by atoms with Crippen molar-refractivity contribution in [3.05, 3.63) is 57.2 Å². The molecule has 136 valence electrons. The molecule has 4 nitrogen and oxygen atoms in total. The van der Waals surface area contributed by atoms with Crippen molar-refractivity contribution in [3.8, 4) is 16.3 Å². The number of thiazole rings is 1. The molecule has 0 bridgehead atoms. The van der Waals surface area contributed by atoms with E-state index in [0.29, 0.717) is 5.56 Å². The van der Waals surface area contributed by atoms with Crippen LogP contribution in [-0.2, 0) is 17.8 Å². The highest BCUT2D eigenvalue weighted by Gasteiger charge is 2.16. The summed E-state index contributed by atoms with van der Waals surface area (Å²) in [5.41, 5.74) is 1.33. The molecule has 0 fully saturated rings. The van der Waals surface area contributed by atoms with Gasteiger partial charge in [0.25, 0.3) is 0 Å². The number of aromatic nitrogens is 1. The number of hydrogen-bond donors (Lipinski definition) is 1. The molecule has 3 aromatic rings. The molecule has 1 amide bonds. The van der Waals surface area contributed by atoms with E-state index in [1.54, 1.807) is 29.5 Å². The van der Waals surface area contributed by atoms with Gasteiger partial charge in [-0.2, -0.15) is 8.78 Å². The summed E-state index contributed by atoms with van der Waals surface area (Å²) in [5.74, 6) is -0.131. The molecule has 0 radical (unpaired) electrons. The largest absolute Gasteiger partial charge is 0.434 e. The van der Waals surface area contributed by atoms with E-state index in [1.165, 1.54) is 17.4 Å². The third-order valence-electron chi connectivity index (χ3n) is 3.54. The Labute approximate surface area is 157 Å². The van der Waals surface area contributed by atoms with Gasteiger partial charge in [0.15, 0.2) is 0 Å². The van der Waals surface area contributed by atoms with Gasteiger partial charge in [0.2, 0.25) is 5.91 Å². The van der Waals surface area contributed by atoms with E-state index < -0.39 is 6.61 Å². The van der Waals surface area contributed by atoms with Crippen LogP contribution < -0.4 is 10.1 Å². The number of carbonyl (C=O) groups is 1. The molecule has 0 spiro atoms. The minimum Gasteiger partial charge on any atom is -0.434 e. The number of hydrogen-bond acceptors (Lipinski definition) is 5. The molecule has 2 aromatic heterocycles. The van der Waals surface area contributed by atoms with E-state index in [2.05, 4.69) is 15.0 Å². The van der Waals surface area contributed by atoms with Gasteiger partial charge in [0, 0.05) is 17.0 Å². The third-order valence-corrected chi connectivity index (χ3v) is 5.39. The van der Waals surface area contributed by atoms with Crippen LogP contribution in [-0.4, -0.2) is 17.5 Å². The van der Waals surface area contributed by atoms with Crippen LogP contribution in [0.25, 0.3) is 10.6 Å². The van der Waals surface area contributed by atoms with Crippen LogP contribution in [0.1, 0.15) is 15.4 Å². The van der Waals surface area contributed by atoms with Crippen LogP contribution in [0.15, 0.2) is 41.8 Å². The summed E-state index contributed by atoms with van der Waals surface area (Å²) in [4.78, 5) is 18.8. The van der Waals surface area contributed by atoms with Gasteiger partial charge in [0.1, 0.15) is 5.75 Å². The molecule has 1 N–H and O–H groups in total. The summed E-state index contributed by atoms with van der Waals surface area (Å²) >= 11 is 3.06. The minimum absolute atomic E-state index is 0.0655. The highest BCUT2D eigenvalue weighted by atomic mass is 32.1. The van der Waals surface area contributed by atoms with Crippen molar-refractivity contribution in [2.24, 2.45) is 0 Å². The van der Waals surface area contributed by atoms with Gasteiger partial charge < -0.3 is 10.1 Å². The Morgan fingerprint density at radius 2 is 2.08 bits per heavy atom. The second-order valence-electron chi connectivity index (χ2n) is 5.42. The molecular formula is C18H16F2N2O2S2. The zero-order valence-corrected chi connectivity index (χ0v) is 15.5. The van der Waals surface area contributed by atoms with E-state index in [-0.39, 0.29) is 24.6 Å². The Balaban J connectivity index is 1.66. The molecule has 8 heteroatoms. The number of nitrogens with one attached hydrogen (secondary N) is 1. The lowest BCUT2D eigenvalue weighted by Gasteiger charge is -2.11. The number of carbonyl (C=O) groups excluding carboxylic acids is 1. The molecule has 0 aliphatic rings. The maximum absolute atomic E-state index is 12.5. The first-order chi connectivity index (χ1) is 12.5. The summed E-state index contributed by atoms with van der Waals surface area (Å²) in [5, 5.41) is 5.62. The lowest BCUT2D eigenvalue weighted by molar-refractivity contribution is -0.120. The molecule has 2 heterocycles. The zero-order valence-electron chi connectivity index (χ0n) is 13.9. The van der Waals surface area contributed by atoms with Crippen molar-refractivity contribution < 1.29 is 18.3 Å². The number of ether oxygens (including phenoxy) is 1. The highest BCUT2D eigenvalue weighted by Crippen LogP contribution is 2.31. The van der Waals surface area contributed by atoms with Crippen LogP contribution in [0.3, 0.4) is 0 Å². The number of rotatable bonds is 7. The van der Waals surface area contributed by atoms with Crippen molar-refractivity contribution in [1.82, 2.24) is 10.3 Å². The molecule has 0 aliphatic heterocycles. The summed E-state index contributed by atoms with van der Waals surface area (Å²) in [6.45, 7) is -0.880. The molecular weight excluding hydrogens is 378 g/mol. The zero-order chi connectivity index (χ0) is 18.5. The number of nitrogens with zero attached hydrogens (tertiary/aromatic N) is 1. The molecule has 0 saturated heterocycles. The third kappa shape index (κ3) is 4.64. The summed E-state index contributed by atoms with van der Waals surface area (Å²) in [6.07, 6.45) is 0.191. The fourth-order valence-corrected chi connectivity index (χ4v) is 4.21. The van der Waals surface area contributed by atoms with Gasteiger partial charge in [-0.25, -0.2) is 4.98 Å². The Kier molecular flexibility index (Phi) is 5.95. The predicted octanol–water partition coefficient (Wildman–Crippen LogP) is 4.64. The smallest absolute Gasteiger partial charge is 0.387 e. The molecule has 0 saturated carbocycles. The van der Waals surface area contributed by atoms with E-state index >= 15 is 0 Å². The number of aryl methyl sites for hydroxylation is 1. The maximum Gasteiger partial charge on any atom is 0.387 e. The van der Waals surface area contributed by atoms with Crippen molar-refractivity contribution in [1.29, 1.82) is 0 Å². The number of amides is 1. The summed E-state index contributed by atoms with van der Waals surface area (Å²) in [6, 6.07) is 10.3. The minimum atomic E-state index is -2.90. The molecule has 26 heavy (non-hydrogen) atoms. The monoisotopic (exact) mass is 394 g/mol. The molecule has 1 aromatic carbocycles. The summed E-state index contributed by atoms with van der Waals surface area (Å²) < 4.78 is 29.4. The lowest BCUT2D eigenvalue weighted by Crippen LogP contribution is -2.24. The van der Waals surface area contributed by atoms with Crippen LogP contribution >= 0.6 is 22.7 Å². The number of para-hydroxylation sites is 1. The van der Waals surface area contributed by atoms with E-state index in [4.69, 9.17) is 0 Å². The van der Waals surface area contributed by atoms with Gasteiger partial charge in [-0.15, -0.1) is 22.7 Å². The first kappa shape index (κ1) is 18.5. The van der Waals surface area contributed by atoms with Crippen LogP contribution in [0.4, 0.5) is 8.78 Å². The number of alkyl halides is 2. The van der Waals surface area contributed by atoms with Crippen LogP contribution in [0.5, 0.6) is 5.75 Å². The molecule has 0 atom stereocenters. The first-order valence-electron chi connectivity index (χ1n) is 7.82.